The summed E-state index contributed by atoms with van der Waals surface area (Å²) < 4.78 is 8.94. The van der Waals surface area contributed by atoms with Gasteiger partial charge in [-0.2, -0.15) is 0 Å². The summed E-state index contributed by atoms with van der Waals surface area (Å²) in [5.74, 6) is 1.30. The molecule has 5 heteroatoms. The van der Waals surface area contributed by atoms with E-state index in [1.165, 1.54) is 27.7 Å². The van der Waals surface area contributed by atoms with Gasteiger partial charge in [-0.15, -0.1) is 0 Å². The van der Waals surface area contributed by atoms with Crippen LogP contribution in [-0.4, -0.2) is 36.6 Å². The molecule has 1 atom stereocenters. The molecule has 0 saturated carbocycles. The molecule has 0 aliphatic rings. The molecule has 0 saturated heterocycles. The number of hydrogen-bond donors (Lipinski definition) is 0. The zero-order valence-electron chi connectivity index (χ0n) is 17.8. The summed E-state index contributed by atoms with van der Waals surface area (Å²) in [6.07, 6.45) is 1.41. The van der Waals surface area contributed by atoms with Crippen LogP contribution in [0.1, 0.15) is 30.2 Å². The van der Waals surface area contributed by atoms with Crippen LogP contribution in [0.5, 0.6) is 5.75 Å². The second kappa shape index (κ2) is 9.04. The van der Waals surface area contributed by atoms with Gasteiger partial charge in [-0.25, -0.2) is 0 Å². The van der Waals surface area contributed by atoms with Crippen molar-refractivity contribution in [1.82, 2.24) is 9.47 Å². The molecule has 4 nitrogen and oxygen atoms in total. The van der Waals surface area contributed by atoms with Gasteiger partial charge in [0.15, 0.2) is 0 Å². The van der Waals surface area contributed by atoms with E-state index in [9.17, 15) is 4.79 Å². The summed E-state index contributed by atoms with van der Waals surface area (Å²) in [5.41, 5.74) is 5.01. The standard InChI is InChI=1S/C24H29BrN2O2/c1-16(13-24(28)26(3)4)12-21-17(2)27(15-18-6-8-19(25)9-7-18)23-11-10-20(29-5)14-22(21)23/h6-11,14,16H,12-13,15H2,1-5H3. The number of carbonyl (C=O) groups is 1. The van der Waals surface area contributed by atoms with Crippen LogP contribution >= 0.6 is 15.9 Å². The third kappa shape index (κ3) is 4.84. The van der Waals surface area contributed by atoms with Crippen LogP contribution in [0.25, 0.3) is 10.9 Å². The number of benzene rings is 2. The minimum Gasteiger partial charge on any atom is -0.497 e. The van der Waals surface area contributed by atoms with Crippen molar-refractivity contribution in [2.75, 3.05) is 21.2 Å². The summed E-state index contributed by atoms with van der Waals surface area (Å²) in [4.78, 5) is 13.8. The molecule has 3 rings (SSSR count). The molecule has 154 valence electrons. The largest absolute Gasteiger partial charge is 0.497 e. The Morgan fingerprint density at radius 3 is 2.48 bits per heavy atom. The number of methoxy groups -OCH3 is 1. The van der Waals surface area contributed by atoms with E-state index in [4.69, 9.17) is 4.74 Å². The van der Waals surface area contributed by atoms with Crippen LogP contribution in [0.15, 0.2) is 46.9 Å². The summed E-state index contributed by atoms with van der Waals surface area (Å²) in [5, 5.41) is 1.21. The minimum atomic E-state index is 0.173. The van der Waals surface area contributed by atoms with Crippen LogP contribution in [0, 0.1) is 12.8 Å². The highest BCUT2D eigenvalue weighted by molar-refractivity contribution is 9.10. The van der Waals surface area contributed by atoms with Crippen LogP contribution in [0.4, 0.5) is 0 Å². The van der Waals surface area contributed by atoms with Gasteiger partial charge < -0.3 is 14.2 Å². The Balaban J connectivity index is 2.00. The van der Waals surface area contributed by atoms with Gasteiger partial charge in [0.2, 0.25) is 5.91 Å². The van der Waals surface area contributed by atoms with Crippen molar-refractivity contribution in [3.05, 3.63) is 63.8 Å². The predicted octanol–water partition coefficient (Wildman–Crippen LogP) is 5.43. The van der Waals surface area contributed by atoms with E-state index in [1.807, 2.05) is 20.2 Å². The fourth-order valence-corrected chi connectivity index (χ4v) is 4.06. The number of nitrogens with zero attached hydrogens (tertiary/aromatic N) is 2. The molecule has 1 amide bonds. The monoisotopic (exact) mass is 456 g/mol. The van der Waals surface area contributed by atoms with Gasteiger partial charge in [0.05, 0.1) is 7.11 Å². The lowest BCUT2D eigenvalue weighted by atomic mass is 9.95. The van der Waals surface area contributed by atoms with Gasteiger partial charge in [0.1, 0.15) is 5.75 Å². The van der Waals surface area contributed by atoms with Crippen molar-refractivity contribution in [3.63, 3.8) is 0 Å². The first-order valence-corrected chi connectivity index (χ1v) is 10.7. The van der Waals surface area contributed by atoms with E-state index in [1.54, 1.807) is 12.0 Å². The van der Waals surface area contributed by atoms with Gasteiger partial charge in [-0.05, 0) is 60.7 Å². The number of amides is 1. The van der Waals surface area contributed by atoms with Crippen molar-refractivity contribution in [1.29, 1.82) is 0 Å². The molecule has 0 N–H and O–H groups in total. The molecule has 1 unspecified atom stereocenters. The Labute approximate surface area is 181 Å². The molecule has 2 aromatic carbocycles. The first-order chi connectivity index (χ1) is 13.8. The number of halogens is 1. The van der Waals surface area contributed by atoms with Crippen LogP contribution in [0.2, 0.25) is 0 Å². The predicted molar refractivity (Wildman–Crippen MR) is 123 cm³/mol. The van der Waals surface area contributed by atoms with Crippen molar-refractivity contribution in [2.24, 2.45) is 5.92 Å². The molecule has 1 heterocycles. The number of ether oxygens (including phenoxy) is 1. The molecule has 0 fully saturated rings. The first-order valence-electron chi connectivity index (χ1n) is 9.90. The number of rotatable bonds is 7. The molecule has 0 radical (unpaired) electrons. The molecule has 0 aliphatic heterocycles. The first kappa shape index (κ1) is 21.4. The van der Waals surface area contributed by atoms with Gasteiger partial charge in [-0.1, -0.05) is 35.0 Å². The average molecular weight is 457 g/mol. The third-order valence-corrected chi connectivity index (χ3v) is 6.02. The molecule has 29 heavy (non-hydrogen) atoms. The zero-order valence-corrected chi connectivity index (χ0v) is 19.4. The highest BCUT2D eigenvalue weighted by Gasteiger charge is 2.19. The second-order valence-electron chi connectivity index (χ2n) is 7.96. The second-order valence-corrected chi connectivity index (χ2v) is 8.88. The Kier molecular flexibility index (Phi) is 6.68. The lowest BCUT2D eigenvalue weighted by molar-refractivity contribution is -0.129. The summed E-state index contributed by atoms with van der Waals surface area (Å²) in [7, 11) is 5.33. The van der Waals surface area contributed by atoms with Gasteiger partial charge in [-0.3, -0.25) is 4.79 Å². The molecule has 0 bridgehead atoms. The molecule has 1 aromatic heterocycles. The maximum Gasteiger partial charge on any atom is 0.222 e. The number of hydrogen-bond acceptors (Lipinski definition) is 2. The number of aromatic nitrogens is 1. The molecule has 3 aromatic rings. The molecular formula is C24H29BrN2O2. The normalized spacial score (nSPS) is 12.2. The lowest BCUT2D eigenvalue weighted by Gasteiger charge is -2.16. The van der Waals surface area contributed by atoms with Crippen molar-refractivity contribution in [3.8, 4) is 5.75 Å². The highest BCUT2D eigenvalue weighted by atomic mass is 79.9. The smallest absolute Gasteiger partial charge is 0.222 e. The Bertz CT molecular complexity index is 1010. The fourth-order valence-electron chi connectivity index (χ4n) is 3.79. The van der Waals surface area contributed by atoms with E-state index in [0.29, 0.717) is 6.42 Å². The van der Waals surface area contributed by atoms with Crippen molar-refractivity contribution >= 4 is 32.7 Å². The molecule has 0 spiro atoms. The van der Waals surface area contributed by atoms with E-state index in [0.717, 1.165) is 23.2 Å². The van der Waals surface area contributed by atoms with E-state index < -0.39 is 0 Å². The number of fused-ring (bicyclic) bond motifs is 1. The van der Waals surface area contributed by atoms with Crippen LogP contribution < -0.4 is 4.74 Å². The van der Waals surface area contributed by atoms with Crippen LogP contribution in [0.3, 0.4) is 0 Å². The Morgan fingerprint density at radius 1 is 1.17 bits per heavy atom. The maximum absolute atomic E-state index is 12.2. The zero-order chi connectivity index (χ0) is 21.1. The van der Waals surface area contributed by atoms with Crippen molar-refractivity contribution < 1.29 is 9.53 Å². The highest BCUT2D eigenvalue weighted by Crippen LogP contribution is 2.32. The van der Waals surface area contributed by atoms with Crippen molar-refractivity contribution in [2.45, 2.75) is 33.2 Å². The fraction of sp³-hybridized carbons (Fsp3) is 0.375. The Morgan fingerprint density at radius 2 is 1.86 bits per heavy atom. The molecular weight excluding hydrogens is 428 g/mol. The summed E-state index contributed by atoms with van der Waals surface area (Å²) in [6, 6.07) is 14.7. The summed E-state index contributed by atoms with van der Waals surface area (Å²) in [6.45, 7) is 5.15. The quantitative estimate of drug-likeness (QED) is 0.475. The maximum atomic E-state index is 12.2. The topological polar surface area (TPSA) is 34.5 Å². The van der Waals surface area contributed by atoms with Gasteiger partial charge >= 0.3 is 0 Å². The lowest BCUT2D eigenvalue weighted by Crippen LogP contribution is -2.24. The van der Waals surface area contributed by atoms with Crippen LogP contribution in [-0.2, 0) is 17.8 Å². The SMILES string of the molecule is COc1ccc2c(c1)c(CC(C)CC(=O)N(C)C)c(C)n2Cc1ccc(Br)cc1. The summed E-state index contributed by atoms with van der Waals surface area (Å²) >= 11 is 3.51. The molecule has 0 aliphatic carbocycles. The average Bonchev–Trinajstić information content (AvgIpc) is 2.94. The number of carbonyl (C=O) groups excluding carboxylic acids is 1. The Hall–Kier alpha value is -2.27. The third-order valence-electron chi connectivity index (χ3n) is 5.49. The van der Waals surface area contributed by atoms with E-state index in [2.05, 4.69) is 70.7 Å². The van der Waals surface area contributed by atoms with E-state index >= 15 is 0 Å². The van der Waals surface area contributed by atoms with E-state index in [-0.39, 0.29) is 11.8 Å². The minimum absolute atomic E-state index is 0.173. The van der Waals surface area contributed by atoms with Gasteiger partial charge in [0.25, 0.3) is 0 Å². The van der Waals surface area contributed by atoms with Gasteiger partial charge in [0, 0.05) is 48.1 Å².